The first kappa shape index (κ1) is 12.8. The van der Waals surface area contributed by atoms with E-state index in [1.165, 1.54) is 0 Å². The van der Waals surface area contributed by atoms with Crippen LogP contribution in [0.5, 0.6) is 0 Å². The van der Waals surface area contributed by atoms with Gasteiger partial charge in [0.2, 0.25) is 0 Å². The molecule has 18 heavy (non-hydrogen) atoms. The summed E-state index contributed by atoms with van der Waals surface area (Å²) in [5.41, 5.74) is 1.46. The monoisotopic (exact) mass is 304 g/mol. The van der Waals surface area contributed by atoms with Gasteiger partial charge in [-0.1, -0.05) is 15.9 Å². The summed E-state index contributed by atoms with van der Waals surface area (Å²) in [4.78, 5) is 11.9. The summed E-state index contributed by atoms with van der Waals surface area (Å²) in [5.74, 6) is -0.0199. The Morgan fingerprint density at radius 3 is 2.67 bits per heavy atom. The third-order valence-electron chi connectivity index (χ3n) is 2.52. The second-order valence-electron chi connectivity index (χ2n) is 3.80. The van der Waals surface area contributed by atoms with Gasteiger partial charge in [-0.2, -0.15) is 5.10 Å². The first-order valence-corrected chi connectivity index (χ1v) is 6.50. The fraction of sp³-hybridized carbons (Fsp3) is 0.143. The zero-order chi connectivity index (χ0) is 13.0. The number of ketones is 1. The zero-order valence-electron chi connectivity index (χ0n) is 10.0. The smallest absolute Gasteiger partial charge is 0.185 e. The molecule has 0 amide bonds. The third kappa shape index (κ3) is 3.17. The SMILES string of the molecule is CCn1ccc(/C=C/C(=O)c2ccc(Br)cc2)n1. The van der Waals surface area contributed by atoms with E-state index in [0.717, 1.165) is 16.7 Å². The van der Waals surface area contributed by atoms with E-state index in [0.29, 0.717) is 5.56 Å². The molecule has 0 aliphatic carbocycles. The highest BCUT2D eigenvalue weighted by atomic mass is 79.9. The summed E-state index contributed by atoms with van der Waals surface area (Å²) in [7, 11) is 0. The number of hydrogen-bond donors (Lipinski definition) is 0. The van der Waals surface area contributed by atoms with Crippen molar-refractivity contribution in [3.8, 4) is 0 Å². The highest BCUT2D eigenvalue weighted by molar-refractivity contribution is 9.10. The minimum Gasteiger partial charge on any atom is -0.289 e. The van der Waals surface area contributed by atoms with Gasteiger partial charge < -0.3 is 0 Å². The first-order valence-electron chi connectivity index (χ1n) is 5.70. The lowest BCUT2D eigenvalue weighted by atomic mass is 10.1. The normalized spacial score (nSPS) is 11.0. The van der Waals surface area contributed by atoms with Crippen LogP contribution in [0.15, 0.2) is 47.1 Å². The predicted octanol–water partition coefficient (Wildman–Crippen LogP) is 3.56. The number of benzene rings is 1. The molecular weight excluding hydrogens is 292 g/mol. The minimum absolute atomic E-state index is 0.0199. The maximum atomic E-state index is 11.9. The van der Waals surface area contributed by atoms with Gasteiger partial charge in [-0.05, 0) is 49.4 Å². The summed E-state index contributed by atoms with van der Waals surface area (Å²) in [6.45, 7) is 2.85. The van der Waals surface area contributed by atoms with Crippen molar-refractivity contribution < 1.29 is 4.79 Å². The Kier molecular flexibility index (Phi) is 4.10. The van der Waals surface area contributed by atoms with E-state index in [-0.39, 0.29) is 5.78 Å². The largest absolute Gasteiger partial charge is 0.289 e. The van der Waals surface area contributed by atoms with Crippen LogP contribution in [-0.4, -0.2) is 15.6 Å². The van der Waals surface area contributed by atoms with E-state index in [1.807, 2.05) is 36.0 Å². The van der Waals surface area contributed by atoms with Gasteiger partial charge in [0.1, 0.15) is 0 Å². The molecule has 0 aliphatic rings. The first-order chi connectivity index (χ1) is 8.69. The molecule has 0 aliphatic heterocycles. The van der Waals surface area contributed by atoms with Crippen LogP contribution in [0, 0.1) is 0 Å². The van der Waals surface area contributed by atoms with Crippen molar-refractivity contribution >= 4 is 27.8 Å². The molecule has 2 aromatic rings. The zero-order valence-corrected chi connectivity index (χ0v) is 11.6. The van der Waals surface area contributed by atoms with Gasteiger partial charge >= 0.3 is 0 Å². The number of nitrogens with zero attached hydrogens (tertiary/aromatic N) is 2. The van der Waals surface area contributed by atoms with E-state index >= 15 is 0 Å². The number of halogens is 1. The van der Waals surface area contributed by atoms with Crippen LogP contribution >= 0.6 is 15.9 Å². The van der Waals surface area contributed by atoms with Gasteiger partial charge in [-0.25, -0.2) is 0 Å². The van der Waals surface area contributed by atoms with Crippen LogP contribution in [0.2, 0.25) is 0 Å². The molecule has 0 saturated carbocycles. The van der Waals surface area contributed by atoms with E-state index in [2.05, 4.69) is 21.0 Å². The highest BCUT2D eigenvalue weighted by Gasteiger charge is 2.01. The van der Waals surface area contributed by atoms with Crippen molar-refractivity contribution in [1.29, 1.82) is 0 Å². The maximum Gasteiger partial charge on any atom is 0.185 e. The number of carbonyl (C=O) groups excluding carboxylic acids is 1. The van der Waals surface area contributed by atoms with E-state index in [4.69, 9.17) is 0 Å². The molecular formula is C14H13BrN2O. The van der Waals surface area contributed by atoms with Gasteiger partial charge in [-0.3, -0.25) is 9.48 Å². The van der Waals surface area contributed by atoms with Crippen molar-refractivity contribution in [3.05, 3.63) is 58.3 Å². The van der Waals surface area contributed by atoms with Crippen LogP contribution < -0.4 is 0 Å². The van der Waals surface area contributed by atoms with Crippen LogP contribution in [0.25, 0.3) is 6.08 Å². The molecule has 0 unspecified atom stereocenters. The molecule has 0 radical (unpaired) electrons. The molecule has 2 rings (SSSR count). The number of rotatable bonds is 4. The lowest BCUT2D eigenvalue weighted by Gasteiger charge is -1.95. The molecule has 0 N–H and O–H groups in total. The highest BCUT2D eigenvalue weighted by Crippen LogP contribution is 2.11. The lowest BCUT2D eigenvalue weighted by Crippen LogP contribution is -1.95. The number of aryl methyl sites for hydroxylation is 1. The standard InChI is InChI=1S/C14H13BrN2O/c1-2-17-10-9-13(16-17)7-8-14(18)11-3-5-12(15)6-4-11/h3-10H,2H2,1H3/b8-7+. The summed E-state index contributed by atoms with van der Waals surface area (Å²) in [6.07, 6.45) is 5.17. The van der Waals surface area contributed by atoms with E-state index in [1.54, 1.807) is 24.3 Å². The lowest BCUT2D eigenvalue weighted by molar-refractivity contribution is 0.104. The number of aromatic nitrogens is 2. The van der Waals surface area contributed by atoms with Crippen molar-refractivity contribution in [2.45, 2.75) is 13.5 Å². The van der Waals surface area contributed by atoms with Crippen LogP contribution in [0.1, 0.15) is 23.0 Å². The quantitative estimate of drug-likeness (QED) is 0.639. The Morgan fingerprint density at radius 1 is 1.33 bits per heavy atom. The summed E-state index contributed by atoms with van der Waals surface area (Å²) < 4.78 is 2.79. The Hall–Kier alpha value is -1.68. The van der Waals surface area contributed by atoms with Crippen molar-refractivity contribution in [2.24, 2.45) is 0 Å². The molecule has 0 saturated heterocycles. The Bertz CT molecular complexity index is 570. The molecule has 3 nitrogen and oxygen atoms in total. The topological polar surface area (TPSA) is 34.9 Å². The maximum absolute atomic E-state index is 11.9. The molecule has 1 aromatic heterocycles. The Morgan fingerprint density at radius 2 is 2.06 bits per heavy atom. The van der Waals surface area contributed by atoms with E-state index in [9.17, 15) is 4.79 Å². The van der Waals surface area contributed by atoms with Crippen molar-refractivity contribution in [3.63, 3.8) is 0 Å². The van der Waals surface area contributed by atoms with Crippen molar-refractivity contribution in [2.75, 3.05) is 0 Å². The van der Waals surface area contributed by atoms with Gasteiger partial charge in [0.15, 0.2) is 5.78 Å². The average molecular weight is 305 g/mol. The Balaban J connectivity index is 2.09. The molecule has 92 valence electrons. The minimum atomic E-state index is -0.0199. The molecule has 0 atom stereocenters. The molecule has 0 fully saturated rings. The van der Waals surface area contributed by atoms with Gasteiger partial charge in [0.05, 0.1) is 5.69 Å². The van der Waals surface area contributed by atoms with Crippen LogP contribution in [-0.2, 0) is 6.54 Å². The van der Waals surface area contributed by atoms with Gasteiger partial charge in [-0.15, -0.1) is 0 Å². The fourth-order valence-electron chi connectivity index (χ4n) is 1.51. The Labute approximate surface area is 114 Å². The number of allylic oxidation sites excluding steroid dienone is 1. The molecule has 1 aromatic carbocycles. The summed E-state index contributed by atoms with van der Waals surface area (Å²) in [6, 6.07) is 9.18. The van der Waals surface area contributed by atoms with Crippen LogP contribution in [0.3, 0.4) is 0 Å². The molecule has 4 heteroatoms. The van der Waals surface area contributed by atoms with E-state index < -0.39 is 0 Å². The second-order valence-corrected chi connectivity index (χ2v) is 4.72. The average Bonchev–Trinajstić information content (AvgIpc) is 2.85. The summed E-state index contributed by atoms with van der Waals surface area (Å²) >= 11 is 3.34. The van der Waals surface area contributed by atoms with Gasteiger partial charge in [0.25, 0.3) is 0 Å². The van der Waals surface area contributed by atoms with Crippen molar-refractivity contribution in [1.82, 2.24) is 9.78 Å². The van der Waals surface area contributed by atoms with Gasteiger partial charge in [0, 0.05) is 22.8 Å². The molecule has 0 bridgehead atoms. The third-order valence-corrected chi connectivity index (χ3v) is 3.05. The second kappa shape index (κ2) is 5.78. The number of carbonyl (C=O) groups is 1. The fourth-order valence-corrected chi connectivity index (χ4v) is 1.78. The predicted molar refractivity (Wildman–Crippen MR) is 75.4 cm³/mol. The molecule has 1 heterocycles. The number of hydrogen-bond acceptors (Lipinski definition) is 2. The van der Waals surface area contributed by atoms with Crippen LogP contribution in [0.4, 0.5) is 0 Å². The summed E-state index contributed by atoms with van der Waals surface area (Å²) in [5, 5.41) is 4.28. The molecule has 0 spiro atoms.